The molecule has 1 fully saturated rings. The van der Waals surface area contributed by atoms with Gasteiger partial charge in [0.25, 0.3) is 17.7 Å². The van der Waals surface area contributed by atoms with Crippen molar-refractivity contribution < 1.29 is 14.4 Å². The number of hydrogen-bond donors (Lipinski definition) is 2. The summed E-state index contributed by atoms with van der Waals surface area (Å²) < 4.78 is 2.00. The Balaban J connectivity index is 1.58. The molecule has 36 heavy (non-hydrogen) atoms. The number of carbonyl (C=O) groups excluding carboxylic acids is 3. The third-order valence-corrected chi connectivity index (χ3v) is 7.12. The molecular formula is C27H32N6O3. The minimum absolute atomic E-state index is 0.00950. The van der Waals surface area contributed by atoms with Gasteiger partial charge in [-0.1, -0.05) is 12.1 Å². The molecular weight excluding hydrogens is 456 g/mol. The van der Waals surface area contributed by atoms with Gasteiger partial charge in [-0.3, -0.25) is 19.7 Å². The highest BCUT2D eigenvalue weighted by atomic mass is 16.2. The first kappa shape index (κ1) is 24.0. The Kier molecular flexibility index (Phi) is 6.73. The fourth-order valence-electron chi connectivity index (χ4n) is 4.99. The molecule has 0 radical (unpaired) electrons. The third kappa shape index (κ3) is 4.70. The molecule has 2 aliphatic heterocycles. The number of carbonyl (C=O) groups is 3. The molecule has 3 heterocycles. The number of hydrogen-bond acceptors (Lipinski definition) is 5. The number of fused-ring (bicyclic) bond motifs is 5. The fraction of sp³-hybridized carbons (Fsp3) is 0.407. The lowest BCUT2D eigenvalue weighted by molar-refractivity contribution is 0.0665. The second kappa shape index (κ2) is 10.1. The normalized spacial score (nSPS) is 19.8. The van der Waals surface area contributed by atoms with E-state index in [0.29, 0.717) is 47.8 Å². The van der Waals surface area contributed by atoms with Crippen molar-refractivity contribution in [1.82, 2.24) is 24.7 Å². The summed E-state index contributed by atoms with van der Waals surface area (Å²) in [6.45, 7) is 5.69. The topological polar surface area (TPSA) is 99.6 Å². The van der Waals surface area contributed by atoms with Crippen LogP contribution in [-0.4, -0.2) is 76.8 Å². The van der Waals surface area contributed by atoms with Crippen LogP contribution in [0.5, 0.6) is 0 Å². The number of likely N-dealkylation sites (N-methyl/N-ethyl adjacent to an activating group) is 1. The van der Waals surface area contributed by atoms with Gasteiger partial charge in [0, 0.05) is 49.9 Å². The zero-order valence-corrected chi connectivity index (χ0v) is 20.8. The molecule has 3 amide bonds. The van der Waals surface area contributed by atoms with Gasteiger partial charge in [-0.2, -0.15) is 0 Å². The molecule has 5 rings (SSSR count). The maximum Gasteiger partial charge on any atom is 0.257 e. The second-order valence-electron chi connectivity index (χ2n) is 9.71. The van der Waals surface area contributed by atoms with Gasteiger partial charge in [0.05, 0.1) is 16.6 Å². The molecule has 9 nitrogen and oxygen atoms in total. The SMILES string of the molecule is CC1CCCCNC(=O)c2cccc(c2)C(=O)Nc2nc3cccc(C(=O)N4CCN(C)CC4)c3n21. The summed E-state index contributed by atoms with van der Waals surface area (Å²) in [5.74, 6) is -0.135. The summed E-state index contributed by atoms with van der Waals surface area (Å²) in [5.41, 5.74) is 2.85. The van der Waals surface area contributed by atoms with Gasteiger partial charge in [-0.15, -0.1) is 0 Å². The number of imidazole rings is 1. The monoisotopic (exact) mass is 488 g/mol. The van der Waals surface area contributed by atoms with E-state index < -0.39 is 0 Å². The van der Waals surface area contributed by atoms with Crippen LogP contribution in [0.1, 0.15) is 63.3 Å². The first-order chi connectivity index (χ1) is 17.4. The first-order valence-corrected chi connectivity index (χ1v) is 12.6. The number of amides is 3. The molecule has 0 saturated carbocycles. The standard InChI is InChI=1S/C27H32N6O3/c1-18-7-3-4-12-28-24(34)19-8-5-9-20(17-19)25(35)30-27-29-22-11-6-10-21(23(22)33(18)27)26(36)32-15-13-31(2)14-16-32/h5-6,8-11,17-18H,3-4,7,12-16H2,1-2H3,(H,28,34)(H,29,30,35). The molecule has 2 N–H and O–H groups in total. The summed E-state index contributed by atoms with van der Waals surface area (Å²) in [6, 6.07) is 12.2. The van der Waals surface area contributed by atoms with Gasteiger partial charge >= 0.3 is 0 Å². The number of anilines is 1. The molecule has 1 unspecified atom stereocenters. The molecule has 2 bridgehead atoms. The molecule has 1 saturated heterocycles. The van der Waals surface area contributed by atoms with E-state index in [1.807, 2.05) is 27.7 Å². The summed E-state index contributed by atoms with van der Waals surface area (Å²) in [5, 5.41) is 5.90. The van der Waals surface area contributed by atoms with E-state index in [2.05, 4.69) is 29.5 Å². The minimum atomic E-state index is -0.350. The molecule has 188 valence electrons. The van der Waals surface area contributed by atoms with Gasteiger partial charge in [0.15, 0.2) is 0 Å². The average molecular weight is 489 g/mol. The lowest BCUT2D eigenvalue weighted by Gasteiger charge is -2.32. The van der Waals surface area contributed by atoms with E-state index in [-0.39, 0.29) is 23.8 Å². The van der Waals surface area contributed by atoms with Crippen molar-refractivity contribution in [3.8, 4) is 0 Å². The Morgan fingerprint density at radius 3 is 2.47 bits per heavy atom. The fourth-order valence-corrected chi connectivity index (χ4v) is 4.99. The molecule has 3 aromatic rings. The Labute approximate surface area is 210 Å². The van der Waals surface area contributed by atoms with Crippen LogP contribution < -0.4 is 10.6 Å². The molecule has 9 heteroatoms. The Morgan fingerprint density at radius 2 is 1.69 bits per heavy atom. The van der Waals surface area contributed by atoms with Crippen molar-refractivity contribution in [3.05, 3.63) is 59.2 Å². The predicted octanol–water partition coefficient (Wildman–Crippen LogP) is 3.15. The summed E-state index contributed by atoms with van der Waals surface area (Å²) in [6.07, 6.45) is 2.52. The van der Waals surface area contributed by atoms with E-state index in [9.17, 15) is 14.4 Å². The minimum Gasteiger partial charge on any atom is -0.352 e. The third-order valence-electron chi connectivity index (χ3n) is 7.12. The van der Waals surface area contributed by atoms with Crippen LogP contribution in [-0.2, 0) is 0 Å². The lowest BCUT2D eigenvalue weighted by atomic mass is 10.1. The molecule has 0 spiro atoms. The highest BCUT2D eigenvalue weighted by Gasteiger charge is 2.27. The van der Waals surface area contributed by atoms with Crippen LogP contribution in [0.2, 0.25) is 0 Å². The highest BCUT2D eigenvalue weighted by Crippen LogP contribution is 2.31. The predicted molar refractivity (Wildman–Crippen MR) is 138 cm³/mol. The van der Waals surface area contributed by atoms with Crippen LogP contribution in [0.3, 0.4) is 0 Å². The van der Waals surface area contributed by atoms with Crippen molar-refractivity contribution >= 4 is 34.7 Å². The van der Waals surface area contributed by atoms with Crippen LogP contribution in [0.25, 0.3) is 11.0 Å². The summed E-state index contributed by atoms with van der Waals surface area (Å²) >= 11 is 0. The molecule has 1 aromatic heterocycles. The maximum absolute atomic E-state index is 13.6. The number of nitrogens with zero attached hydrogens (tertiary/aromatic N) is 4. The largest absolute Gasteiger partial charge is 0.352 e. The van der Waals surface area contributed by atoms with Crippen molar-refractivity contribution in [2.75, 3.05) is 45.1 Å². The van der Waals surface area contributed by atoms with Crippen molar-refractivity contribution in [2.45, 2.75) is 32.2 Å². The van der Waals surface area contributed by atoms with Gasteiger partial charge in [-0.25, -0.2) is 4.98 Å². The van der Waals surface area contributed by atoms with Gasteiger partial charge in [0.2, 0.25) is 5.95 Å². The van der Waals surface area contributed by atoms with E-state index in [0.717, 1.165) is 37.9 Å². The maximum atomic E-state index is 13.6. The zero-order valence-electron chi connectivity index (χ0n) is 20.8. The molecule has 1 atom stereocenters. The molecule has 2 aliphatic rings. The number of nitrogens with one attached hydrogen (secondary N) is 2. The Morgan fingerprint density at radius 1 is 0.972 bits per heavy atom. The van der Waals surface area contributed by atoms with E-state index in [1.165, 1.54) is 0 Å². The van der Waals surface area contributed by atoms with Crippen molar-refractivity contribution in [2.24, 2.45) is 0 Å². The average Bonchev–Trinajstić information content (AvgIpc) is 3.26. The van der Waals surface area contributed by atoms with E-state index in [1.54, 1.807) is 24.3 Å². The number of aromatic nitrogens is 2. The summed E-state index contributed by atoms with van der Waals surface area (Å²) in [7, 11) is 2.06. The van der Waals surface area contributed by atoms with Crippen LogP contribution in [0.15, 0.2) is 42.5 Å². The van der Waals surface area contributed by atoms with Gasteiger partial charge in [-0.05, 0) is 63.6 Å². The van der Waals surface area contributed by atoms with Crippen molar-refractivity contribution in [1.29, 1.82) is 0 Å². The van der Waals surface area contributed by atoms with Gasteiger partial charge in [0.1, 0.15) is 0 Å². The number of piperazine rings is 1. The number of benzene rings is 2. The second-order valence-corrected chi connectivity index (χ2v) is 9.71. The van der Waals surface area contributed by atoms with E-state index >= 15 is 0 Å². The molecule has 0 aliphatic carbocycles. The van der Waals surface area contributed by atoms with E-state index in [4.69, 9.17) is 4.98 Å². The zero-order chi connectivity index (χ0) is 25.2. The quantitative estimate of drug-likeness (QED) is 0.548. The van der Waals surface area contributed by atoms with Crippen LogP contribution in [0.4, 0.5) is 5.95 Å². The van der Waals surface area contributed by atoms with Gasteiger partial charge < -0.3 is 19.7 Å². The molecule has 2 aromatic carbocycles. The summed E-state index contributed by atoms with van der Waals surface area (Å²) in [4.78, 5) is 48.2. The Bertz CT molecular complexity index is 1310. The number of rotatable bonds is 1. The number of para-hydroxylation sites is 1. The van der Waals surface area contributed by atoms with Crippen LogP contribution in [0, 0.1) is 0 Å². The Hall–Kier alpha value is -3.72. The smallest absolute Gasteiger partial charge is 0.257 e. The highest BCUT2D eigenvalue weighted by molar-refractivity contribution is 6.08. The van der Waals surface area contributed by atoms with Crippen LogP contribution >= 0.6 is 0 Å². The first-order valence-electron chi connectivity index (χ1n) is 12.6. The van der Waals surface area contributed by atoms with Crippen molar-refractivity contribution in [3.63, 3.8) is 0 Å². The lowest BCUT2D eigenvalue weighted by Crippen LogP contribution is -2.47.